The Morgan fingerprint density at radius 1 is 1.38 bits per heavy atom. The molecule has 0 aromatic heterocycles. The largest absolute Gasteiger partial charge is 0.399 e. The molecule has 0 amide bonds. The average Bonchev–Trinajstić information content (AvgIpc) is 2.17. The third kappa shape index (κ3) is 4.36. The third-order valence-corrected chi connectivity index (χ3v) is 1.93. The number of carbonyl (C=O) groups excluding carboxylic acids is 1. The maximum atomic E-state index is 11.7. The quantitative estimate of drug-likeness (QED) is 0.300. The Balaban J connectivity index is 5.11. The number of ketones is 1. The van der Waals surface area contributed by atoms with Crippen LogP contribution in [0.4, 0.5) is 0 Å². The second kappa shape index (κ2) is 6.90. The van der Waals surface area contributed by atoms with E-state index in [1.807, 2.05) is 13.8 Å². The van der Waals surface area contributed by atoms with E-state index in [2.05, 4.69) is 14.8 Å². The molecule has 0 heterocycles. The first kappa shape index (κ1) is 14.5. The Kier molecular flexibility index (Phi) is 6.27. The molecule has 0 saturated carbocycles. The third-order valence-electron chi connectivity index (χ3n) is 1.93. The molecule has 0 aliphatic rings. The van der Waals surface area contributed by atoms with E-state index in [1.54, 1.807) is 13.8 Å². The minimum atomic E-state index is -0.237. The minimum Gasteiger partial charge on any atom is -0.399 e. The lowest BCUT2D eigenvalue weighted by atomic mass is 9.96. The molecule has 16 heavy (non-hydrogen) atoms. The van der Waals surface area contributed by atoms with Gasteiger partial charge in [0.05, 0.1) is 0 Å². The molecular formula is C11H19N3O2. The lowest BCUT2D eigenvalue weighted by Gasteiger charge is -2.05. The van der Waals surface area contributed by atoms with Crippen LogP contribution in [0.3, 0.4) is 0 Å². The zero-order valence-corrected chi connectivity index (χ0v) is 10.5. The standard InChI is InChI=1S/C11H19N3O2/c1-7(2)6-9(14-16-5)10(13-12)11(15)8(3)4/h7-8H,6H2,1-5H3/b14-9-. The molecule has 0 bridgehead atoms. The van der Waals surface area contributed by atoms with E-state index in [1.165, 1.54) is 7.11 Å². The highest BCUT2D eigenvalue weighted by Gasteiger charge is 2.30. The summed E-state index contributed by atoms with van der Waals surface area (Å²) in [5.74, 6) is -0.176. The van der Waals surface area contributed by atoms with Gasteiger partial charge in [-0.3, -0.25) is 4.79 Å². The molecule has 0 aliphatic heterocycles. The second-order valence-electron chi connectivity index (χ2n) is 4.29. The maximum Gasteiger partial charge on any atom is 0.382 e. The molecule has 0 N–H and O–H groups in total. The molecule has 90 valence electrons. The van der Waals surface area contributed by atoms with Crippen molar-refractivity contribution in [1.29, 1.82) is 0 Å². The summed E-state index contributed by atoms with van der Waals surface area (Å²) in [6.07, 6.45) is 0.533. The van der Waals surface area contributed by atoms with Crippen LogP contribution in [0.25, 0.3) is 5.53 Å². The maximum absolute atomic E-state index is 11.7. The molecule has 0 fully saturated rings. The van der Waals surface area contributed by atoms with Gasteiger partial charge in [0.2, 0.25) is 5.78 Å². The molecule has 5 heteroatoms. The minimum absolute atomic E-state index is 0.00875. The van der Waals surface area contributed by atoms with Crippen molar-refractivity contribution < 1.29 is 14.4 Å². The summed E-state index contributed by atoms with van der Waals surface area (Å²) < 4.78 is 0. The lowest BCUT2D eigenvalue weighted by Crippen LogP contribution is -2.30. The van der Waals surface area contributed by atoms with Crippen LogP contribution in [0.1, 0.15) is 34.1 Å². The van der Waals surface area contributed by atoms with Crippen LogP contribution in [0.2, 0.25) is 0 Å². The van der Waals surface area contributed by atoms with Gasteiger partial charge in [0.25, 0.3) is 0 Å². The first-order chi connectivity index (χ1) is 7.43. The number of hydrogen-bond acceptors (Lipinski definition) is 3. The van der Waals surface area contributed by atoms with Crippen LogP contribution in [0.5, 0.6) is 0 Å². The summed E-state index contributed by atoms with van der Waals surface area (Å²) in [5, 5.41) is 3.74. The average molecular weight is 225 g/mol. The van der Waals surface area contributed by atoms with E-state index in [0.717, 1.165) is 0 Å². The van der Waals surface area contributed by atoms with Crippen molar-refractivity contribution in [2.24, 2.45) is 17.0 Å². The Morgan fingerprint density at radius 2 is 1.94 bits per heavy atom. The van der Waals surface area contributed by atoms with Gasteiger partial charge >= 0.3 is 5.71 Å². The normalized spacial score (nSPS) is 11.6. The van der Waals surface area contributed by atoms with Gasteiger partial charge in [-0.05, 0) is 5.92 Å². The fourth-order valence-corrected chi connectivity index (χ4v) is 1.20. The summed E-state index contributed by atoms with van der Waals surface area (Å²) in [6.45, 7) is 7.46. The molecule has 0 aliphatic carbocycles. The predicted octanol–water partition coefficient (Wildman–Crippen LogP) is 1.93. The molecule has 0 aromatic rings. The summed E-state index contributed by atoms with van der Waals surface area (Å²) >= 11 is 0. The zero-order chi connectivity index (χ0) is 12.7. The van der Waals surface area contributed by atoms with Gasteiger partial charge in [-0.25, -0.2) is 0 Å². The fraction of sp³-hybridized carbons (Fsp3) is 0.727. The van der Waals surface area contributed by atoms with Crippen molar-refractivity contribution in [2.75, 3.05) is 7.11 Å². The van der Waals surface area contributed by atoms with Crippen LogP contribution in [0.15, 0.2) is 5.16 Å². The first-order valence-electron chi connectivity index (χ1n) is 5.30. The molecule has 0 spiro atoms. The van der Waals surface area contributed by atoms with Gasteiger partial charge in [-0.2, -0.15) is 4.79 Å². The van der Waals surface area contributed by atoms with Crippen LogP contribution in [-0.4, -0.2) is 29.1 Å². The van der Waals surface area contributed by atoms with Gasteiger partial charge in [-0.15, -0.1) is 0 Å². The molecule has 0 rings (SSSR count). The number of nitrogens with zero attached hydrogens (tertiary/aromatic N) is 3. The van der Waals surface area contributed by atoms with E-state index >= 15 is 0 Å². The van der Waals surface area contributed by atoms with Gasteiger partial charge in [0.1, 0.15) is 7.11 Å². The van der Waals surface area contributed by atoms with Gasteiger partial charge in [-0.1, -0.05) is 32.9 Å². The first-order valence-corrected chi connectivity index (χ1v) is 5.30. The molecular weight excluding hydrogens is 206 g/mol. The molecule has 0 radical (unpaired) electrons. The summed E-state index contributed by atoms with van der Waals surface area (Å²) in [4.78, 5) is 19.4. The van der Waals surface area contributed by atoms with Crippen molar-refractivity contribution in [3.8, 4) is 0 Å². The number of Topliss-reactive ketones (excluding diaryl/α,β-unsaturated/α-hetero) is 1. The second-order valence-corrected chi connectivity index (χ2v) is 4.29. The SMILES string of the molecule is CO/N=C(/CC(C)C)C(=[N+]=[N-])C(=O)C(C)C. The van der Waals surface area contributed by atoms with E-state index in [4.69, 9.17) is 5.53 Å². The van der Waals surface area contributed by atoms with Crippen LogP contribution in [0, 0.1) is 11.8 Å². The Bertz CT molecular complexity index is 326. The fourth-order valence-electron chi connectivity index (χ4n) is 1.20. The van der Waals surface area contributed by atoms with Crippen LogP contribution < -0.4 is 0 Å². The molecule has 5 nitrogen and oxygen atoms in total. The number of hydrogen-bond donors (Lipinski definition) is 0. The summed E-state index contributed by atoms with van der Waals surface area (Å²) in [6, 6.07) is 0. The Labute approximate surface area is 96.1 Å². The van der Waals surface area contributed by atoms with Crippen LogP contribution in [-0.2, 0) is 9.63 Å². The van der Waals surface area contributed by atoms with Gasteiger partial charge in [0.15, 0.2) is 5.71 Å². The van der Waals surface area contributed by atoms with Gasteiger partial charge in [0, 0.05) is 12.3 Å². The van der Waals surface area contributed by atoms with E-state index in [-0.39, 0.29) is 17.4 Å². The number of carbonyl (C=O) groups is 1. The monoisotopic (exact) mass is 225 g/mol. The van der Waals surface area contributed by atoms with E-state index in [9.17, 15) is 4.79 Å². The van der Waals surface area contributed by atoms with Crippen molar-refractivity contribution in [3.63, 3.8) is 0 Å². The van der Waals surface area contributed by atoms with E-state index < -0.39 is 0 Å². The molecule has 0 aromatic carbocycles. The van der Waals surface area contributed by atoms with Crippen molar-refractivity contribution in [2.45, 2.75) is 34.1 Å². The van der Waals surface area contributed by atoms with Crippen molar-refractivity contribution in [3.05, 3.63) is 5.53 Å². The zero-order valence-electron chi connectivity index (χ0n) is 10.5. The highest BCUT2D eigenvalue weighted by molar-refractivity contribution is 6.65. The van der Waals surface area contributed by atoms with Crippen LogP contribution >= 0.6 is 0 Å². The van der Waals surface area contributed by atoms with E-state index in [0.29, 0.717) is 18.1 Å². The predicted molar refractivity (Wildman–Crippen MR) is 62.4 cm³/mol. The van der Waals surface area contributed by atoms with Crippen molar-refractivity contribution >= 4 is 17.2 Å². The topological polar surface area (TPSA) is 75.1 Å². The smallest absolute Gasteiger partial charge is 0.382 e. The summed E-state index contributed by atoms with van der Waals surface area (Å²) in [5.41, 5.74) is 9.26. The highest BCUT2D eigenvalue weighted by Crippen LogP contribution is 2.06. The van der Waals surface area contributed by atoms with Gasteiger partial charge < -0.3 is 10.4 Å². The number of oxime groups is 1. The Hall–Kier alpha value is -1.48. The number of rotatable bonds is 6. The molecule has 0 unspecified atom stereocenters. The highest BCUT2D eigenvalue weighted by atomic mass is 16.6. The molecule has 0 saturated heterocycles. The molecule has 0 atom stereocenters. The lowest BCUT2D eigenvalue weighted by molar-refractivity contribution is -0.119. The summed E-state index contributed by atoms with van der Waals surface area (Å²) in [7, 11) is 1.40. The Morgan fingerprint density at radius 3 is 2.25 bits per heavy atom. The van der Waals surface area contributed by atoms with Crippen molar-refractivity contribution in [1.82, 2.24) is 0 Å².